The van der Waals surface area contributed by atoms with Crippen molar-refractivity contribution in [1.82, 2.24) is 5.32 Å². The number of Topliss-reactive ketones (excluding diaryl/α,β-unsaturated/α-hetero) is 1. The fraction of sp³-hybridized carbons (Fsp3) is 0.769. The Labute approximate surface area is 107 Å². The van der Waals surface area contributed by atoms with E-state index in [0.29, 0.717) is 12.8 Å². The van der Waals surface area contributed by atoms with Gasteiger partial charge in [0.05, 0.1) is 7.11 Å². The van der Waals surface area contributed by atoms with Gasteiger partial charge in [-0.2, -0.15) is 0 Å². The van der Waals surface area contributed by atoms with E-state index in [0.717, 1.165) is 19.3 Å². The molecule has 0 bridgehead atoms. The van der Waals surface area contributed by atoms with E-state index < -0.39 is 5.54 Å². The van der Waals surface area contributed by atoms with Gasteiger partial charge in [0, 0.05) is 12.8 Å². The summed E-state index contributed by atoms with van der Waals surface area (Å²) in [7, 11) is 1.33. The smallest absolute Gasteiger partial charge is 0.331 e. The van der Waals surface area contributed by atoms with Crippen LogP contribution in [0, 0.1) is 0 Å². The summed E-state index contributed by atoms with van der Waals surface area (Å²) in [6, 6.07) is 0. The summed E-state index contributed by atoms with van der Waals surface area (Å²) in [5.74, 6) is -0.656. The molecule has 0 aromatic carbocycles. The average molecular weight is 255 g/mol. The number of ether oxygens (including phenoxy) is 1. The van der Waals surface area contributed by atoms with Crippen molar-refractivity contribution in [2.75, 3.05) is 7.11 Å². The third-order valence-electron chi connectivity index (χ3n) is 3.37. The summed E-state index contributed by atoms with van der Waals surface area (Å²) in [4.78, 5) is 34.5. The molecule has 0 saturated heterocycles. The van der Waals surface area contributed by atoms with Crippen LogP contribution in [-0.4, -0.2) is 30.3 Å². The zero-order chi connectivity index (χ0) is 13.6. The zero-order valence-corrected chi connectivity index (χ0v) is 11.1. The van der Waals surface area contributed by atoms with Gasteiger partial charge in [0.2, 0.25) is 5.91 Å². The highest BCUT2D eigenvalue weighted by Gasteiger charge is 2.41. The van der Waals surface area contributed by atoms with Crippen LogP contribution in [0.25, 0.3) is 0 Å². The lowest BCUT2D eigenvalue weighted by Gasteiger charge is -2.35. The Morgan fingerprint density at radius 3 is 2.22 bits per heavy atom. The normalized spacial score (nSPS) is 17.9. The predicted octanol–water partition coefficient (Wildman–Crippen LogP) is 1.35. The summed E-state index contributed by atoms with van der Waals surface area (Å²) in [6.45, 7) is 1.45. The van der Waals surface area contributed by atoms with Crippen molar-refractivity contribution < 1.29 is 19.1 Å². The Balaban J connectivity index is 2.63. The molecule has 18 heavy (non-hydrogen) atoms. The first-order valence-corrected chi connectivity index (χ1v) is 6.39. The molecule has 0 unspecified atom stereocenters. The van der Waals surface area contributed by atoms with Crippen molar-refractivity contribution in [3.05, 3.63) is 0 Å². The minimum atomic E-state index is -0.874. The molecule has 1 aliphatic carbocycles. The Hall–Kier alpha value is -1.39. The SMILES string of the molecule is COC(=O)C1(NC(=O)CCC(C)=O)CCCCC1. The van der Waals surface area contributed by atoms with E-state index in [1.165, 1.54) is 14.0 Å². The Kier molecular flexibility index (Phi) is 5.31. The average Bonchev–Trinajstić information content (AvgIpc) is 2.36. The van der Waals surface area contributed by atoms with Crippen molar-refractivity contribution in [2.45, 2.75) is 57.4 Å². The number of hydrogen-bond acceptors (Lipinski definition) is 4. The van der Waals surface area contributed by atoms with E-state index >= 15 is 0 Å². The fourth-order valence-electron chi connectivity index (χ4n) is 2.35. The maximum Gasteiger partial charge on any atom is 0.331 e. The predicted molar refractivity (Wildman–Crippen MR) is 65.9 cm³/mol. The molecule has 1 fully saturated rings. The molecule has 0 heterocycles. The molecule has 0 spiro atoms. The van der Waals surface area contributed by atoms with Gasteiger partial charge >= 0.3 is 5.97 Å². The van der Waals surface area contributed by atoms with Gasteiger partial charge in [0.15, 0.2) is 0 Å². The zero-order valence-electron chi connectivity index (χ0n) is 11.1. The molecule has 1 rings (SSSR count). The van der Waals surface area contributed by atoms with Gasteiger partial charge in [-0.15, -0.1) is 0 Å². The van der Waals surface area contributed by atoms with Gasteiger partial charge in [-0.25, -0.2) is 4.79 Å². The van der Waals surface area contributed by atoms with E-state index in [1.807, 2.05) is 0 Å². The molecule has 0 aromatic heterocycles. The van der Waals surface area contributed by atoms with Crippen LogP contribution in [0.3, 0.4) is 0 Å². The maximum absolute atomic E-state index is 11.9. The molecule has 0 radical (unpaired) electrons. The van der Waals surface area contributed by atoms with Crippen molar-refractivity contribution >= 4 is 17.7 Å². The molecule has 1 saturated carbocycles. The fourth-order valence-corrected chi connectivity index (χ4v) is 2.35. The lowest BCUT2D eigenvalue weighted by atomic mass is 9.81. The molecule has 0 aliphatic heterocycles. The molecule has 1 amide bonds. The van der Waals surface area contributed by atoms with Gasteiger partial charge in [-0.3, -0.25) is 4.79 Å². The summed E-state index contributed by atoms with van der Waals surface area (Å²) in [6.07, 6.45) is 4.46. The summed E-state index contributed by atoms with van der Waals surface area (Å²) in [5, 5.41) is 2.77. The Morgan fingerprint density at radius 1 is 1.11 bits per heavy atom. The Morgan fingerprint density at radius 2 is 1.72 bits per heavy atom. The van der Waals surface area contributed by atoms with Crippen LogP contribution < -0.4 is 5.32 Å². The van der Waals surface area contributed by atoms with Crippen LogP contribution in [0.15, 0.2) is 0 Å². The highest BCUT2D eigenvalue weighted by molar-refractivity contribution is 5.89. The van der Waals surface area contributed by atoms with Gasteiger partial charge in [-0.1, -0.05) is 19.3 Å². The number of amides is 1. The second-order valence-corrected chi connectivity index (χ2v) is 4.88. The first-order chi connectivity index (χ1) is 8.50. The largest absolute Gasteiger partial charge is 0.467 e. The topological polar surface area (TPSA) is 72.5 Å². The van der Waals surface area contributed by atoms with Gasteiger partial charge in [0.25, 0.3) is 0 Å². The van der Waals surface area contributed by atoms with Crippen LogP contribution >= 0.6 is 0 Å². The minimum absolute atomic E-state index is 0.0269. The number of carbonyl (C=O) groups is 3. The van der Waals surface area contributed by atoms with E-state index in [2.05, 4.69) is 5.32 Å². The van der Waals surface area contributed by atoms with Crippen LogP contribution in [-0.2, 0) is 19.1 Å². The maximum atomic E-state index is 11.9. The van der Waals surface area contributed by atoms with Crippen molar-refractivity contribution in [3.63, 3.8) is 0 Å². The molecular weight excluding hydrogens is 234 g/mol. The van der Waals surface area contributed by atoms with Crippen molar-refractivity contribution in [2.24, 2.45) is 0 Å². The number of ketones is 1. The Bertz CT molecular complexity index is 332. The lowest BCUT2D eigenvalue weighted by Crippen LogP contribution is -2.56. The summed E-state index contributed by atoms with van der Waals surface area (Å²) < 4.78 is 4.80. The highest BCUT2D eigenvalue weighted by atomic mass is 16.5. The van der Waals surface area contributed by atoms with E-state index in [9.17, 15) is 14.4 Å². The molecule has 5 heteroatoms. The molecule has 5 nitrogen and oxygen atoms in total. The monoisotopic (exact) mass is 255 g/mol. The number of nitrogens with one attached hydrogen (secondary N) is 1. The second-order valence-electron chi connectivity index (χ2n) is 4.88. The number of hydrogen-bond donors (Lipinski definition) is 1. The number of carbonyl (C=O) groups excluding carboxylic acids is 3. The molecule has 1 N–H and O–H groups in total. The second kappa shape index (κ2) is 6.52. The molecule has 0 aromatic rings. The van der Waals surface area contributed by atoms with Crippen LogP contribution in [0.2, 0.25) is 0 Å². The van der Waals surface area contributed by atoms with Crippen molar-refractivity contribution in [1.29, 1.82) is 0 Å². The van der Waals surface area contributed by atoms with E-state index in [4.69, 9.17) is 4.74 Å². The minimum Gasteiger partial charge on any atom is -0.467 e. The summed E-state index contributed by atoms with van der Waals surface area (Å²) in [5.41, 5.74) is -0.874. The molecule has 0 atom stereocenters. The molecule has 1 aliphatic rings. The van der Waals surface area contributed by atoms with Gasteiger partial charge in [-0.05, 0) is 19.8 Å². The number of methoxy groups -OCH3 is 1. The molecule has 102 valence electrons. The first kappa shape index (κ1) is 14.7. The molecular formula is C13H21NO4. The van der Waals surface area contributed by atoms with Crippen molar-refractivity contribution in [3.8, 4) is 0 Å². The van der Waals surface area contributed by atoms with E-state index in [-0.39, 0.29) is 30.5 Å². The van der Waals surface area contributed by atoms with E-state index in [1.54, 1.807) is 0 Å². The highest BCUT2D eigenvalue weighted by Crippen LogP contribution is 2.29. The third-order valence-corrected chi connectivity index (χ3v) is 3.37. The van der Waals surface area contributed by atoms with Crippen LogP contribution in [0.1, 0.15) is 51.9 Å². The number of esters is 1. The number of rotatable bonds is 5. The van der Waals surface area contributed by atoms with Crippen LogP contribution in [0.5, 0.6) is 0 Å². The third kappa shape index (κ3) is 3.82. The standard InChI is InChI=1S/C13H21NO4/c1-10(15)6-7-11(16)14-13(12(17)18-2)8-4-3-5-9-13/h3-9H2,1-2H3,(H,14,16). The lowest BCUT2D eigenvalue weighted by molar-refractivity contribution is -0.152. The first-order valence-electron chi connectivity index (χ1n) is 6.39. The van der Waals surface area contributed by atoms with Gasteiger partial charge in [0.1, 0.15) is 11.3 Å². The van der Waals surface area contributed by atoms with Gasteiger partial charge < -0.3 is 14.8 Å². The summed E-state index contributed by atoms with van der Waals surface area (Å²) >= 11 is 0. The quantitative estimate of drug-likeness (QED) is 0.753. The van der Waals surface area contributed by atoms with Crippen LogP contribution in [0.4, 0.5) is 0 Å².